The van der Waals surface area contributed by atoms with Gasteiger partial charge in [-0.3, -0.25) is 18.9 Å². The van der Waals surface area contributed by atoms with Crippen molar-refractivity contribution in [1.82, 2.24) is 4.57 Å². The highest BCUT2D eigenvalue weighted by atomic mass is 32.2. The predicted molar refractivity (Wildman–Crippen MR) is 120 cm³/mol. The summed E-state index contributed by atoms with van der Waals surface area (Å²) in [5.41, 5.74) is 2.83. The molecule has 2 aromatic carbocycles. The van der Waals surface area contributed by atoms with Crippen LogP contribution in [0.3, 0.4) is 0 Å². The van der Waals surface area contributed by atoms with Crippen LogP contribution >= 0.6 is 11.3 Å². The van der Waals surface area contributed by atoms with Crippen molar-refractivity contribution in [2.24, 2.45) is 0 Å². The summed E-state index contributed by atoms with van der Waals surface area (Å²) in [4.78, 5) is 26.1. The molecule has 0 radical (unpaired) electrons. The Labute approximate surface area is 179 Å². The Balaban J connectivity index is 1.64. The van der Waals surface area contributed by atoms with Crippen LogP contribution in [0.25, 0.3) is 10.2 Å². The summed E-state index contributed by atoms with van der Waals surface area (Å²) in [5, 5.41) is 0. The number of aromatic nitrogens is 1. The van der Waals surface area contributed by atoms with Gasteiger partial charge in [0.2, 0.25) is 5.91 Å². The lowest BCUT2D eigenvalue weighted by Crippen LogP contribution is -2.27. The van der Waals surface area contributed by atoms with E-state index in [1.165, 1.54) is 6.07 Å². The SMILES string of the molecule is CCC(=O)N1CCc2cc(S(=O)(=O)Nc3ccc4c(c3)sc(=O)n4C(C)C)ccc21. The molecule has 1 amide bonds. The summed E-state index contributed by atoms with van der Waals surface area (Å²) < 4.78 is 30.9. The van der Waals surface area contributed by atoms with E-state index < -0.39 is 10.0 Å². The maximum Gasteiger partial charge on any atom is 0.308 e. The predicted octanol–water partition coefficient (Wildman–Crippen LogP) is 3.74. The van der Waals surface area contributed by atoms with Crippen molar-refractivity contribution in [3.63, 3.8) is 0 Å². The molecule has 2 heterocycles. The van der Waals surface area contributed by atoms with Crippen molar-refractivity contribution in [2.45, 2.75) is 44.6 Å². The van der Waals surface area contributed by atoms with Crippen LogP contribution in [0.4, 0.5) is 11.4 Å². The molecule has 0 saturated heterocycles. The van der Waals surface area contributed by atoms with Crippen molar-refractivity contribution in [1.29, 1.82) is 0 Å². The molecule has 3 aromatic rings. The van der Waals surface area contributed by atoms with Crippen molar-refractivity contribution in [3.8, 4) is 0 Å². The van der Waals surface area contributed by atoms with Gasteiger partial charge in [0.1, 0.15) is 0 Å². The third kappa shape index (κ3) is 3.52. The van der Waals surface area contributed by atoms with E-state index in [4.69, 9.17) is 0 Å². The monoisotopic (exact) mass is 445 g/mol. The quantitative estimate of drug-likeness (QED) is 0.648. The minimum absolute atomic E-state index is 0.0272. The fourth-order valence-electron chi connectivity index (χ4n) is 3.80. The number of carbonyl (C=O) groups excluding carboxylic acids is 1. The van der Waals surface area contributed by atoms with Gasteiger partial charge in [-0.1, -0.05) is 18.3 Å². The molecule has 0 saturated carbocycles. The van der Waals surface area contributed by atoms with E-state index in [0.29, 0.717) is 25.1 Å². The number of hydrogen-bond donors (Lipinski definition) is 1. The molecular formula is C21H23N3O4S2. The summed E-state index contributed by atoms with van der Waals surface area (Å²) in [5.74, 6) is 0.0307. The Hall–Kier alpha value is -2.65. The van der Waals surface area contributed by atoms with Gasteiger partial charge in [0, 0.05) is 24.7 Å². The fraction of sp³-hybridized carbons (Fsp3) is 0.333. The molecule has 1 aromatic heterocycles. The lowest BCUT2D eigenvalue weighted by Gasteiger charge is -2.16. The van der Waals surface area contributed by atoms with Crippen LogP contribution in [0.2, 0.25) is 0 Å². The topological polar surface area (TPSA) is 88.5 Å². The fourth-order valence-corrected chi connectivity index (χ4v) is 5.95. The number of amides is 1. The van der Waals surface area contributed by atoms with E-state index in [2.05, 4.69) is 4.72 Å². The van der Waals surface area contributed by atoms with Gasteiger partial charge in [-0.2, -0.15) is 0 Å². The zero-order valence-electron chi connectivity index (χ0n) is 17.0. The van der Waals surface area contributed by atoms with Crippen molar-refractivity contribution < 1.29 is 13.2 Å². The van der Waals surface area contributed by atoms with E-state index in [-0.39, 0.29) is 21.7 Å². The van der Waals surface area contributed by atoms with E-state index in [1.807, 2.05) is 20.8 Å². The number of thiazole rings is 1. The first-order chi connectivity index (χ1) is 14.2. The number of nitrogens with zero attached hydrogens (tertiary/aromatic N) is 2. The molecule has 158 valence electrons. The maximum atomic E-state index is 12.9. The van der Waals surface area contributed by atoms with Gasteiger partial charge in [0.25, 0.3) is 10.0 Å². The Morgan fingerprint density at radius 3 is 2.67 bits per heavy atom. The molecule has 0 aliphatic carbocycles. The van der Waals surface area contributed by atoms with Gasteiger partial charge in [0.15, 0.2) is 0 Å². The second-order valence-corrected chi connectivity index (χ2v) is 10.2. The Bertz CT molecular complexity index is 1310. The Kier molecular flexibility index (Phi) is 5.19. The maximum absolute atomic E-state index is 12.9. The number of carbonyl (C=O) groups is 1. The average molecular weight is 446 g/mol. The largest absolute Gasteiger partial charge is 0.312 e. The molecule has 9 heteroatoms. The summed E-state index contributed by atoms with van der Waals surface area (Å²) in [6.07, 6.45) is 1.04. The van der Waals surface area contributed by atoms with Gasteiger partial charge in [-0.05, 0) is 62.2 Å². The zero-order valence-corrected chi connectivity index (χ0v) is 18.6. The Morgan fingerprint density at radius 2 is 1.97 bits per heavy atom. The lowest BCUT2D eigenvalue weighted by molar-refractivity contribution is -0.118. The van der Waals surface area contributed by atoms with Gasteiger partial charge >= 0.3 is 4.87 Å². The van der Waals surface area contributed by atoms with Gasteiger partial charge in [-0.15, -0.1) is 0 Å². The number of fused-ring (bicyclic) bond motifs is 2. The molecule has 4 rings (SSSR count). The van der Waals surface area contributed by atoms with Gasteiger partial charge in [-0.25, -0.2) is 8.42 Å². The first kappa shape index (κ1) is 20.6. The van der Waals surface area contributed by atoms with Crippen LogP contribution in [0.5, 0.6) is 0 Å². The van der Waals surface area contributed by atoms with Crippen molar-refractivity contribution in [2.75, 3.05) is 16.2 Å². The molecule has 0 spiro atoms. The number of rotatable bonds is 5. The van der Waals surface area contributed by atoms with Crippen LogP contribution in [-0.4, -0.2) is 25.4 Å². The highest BCUT2D eigenvalue weighted by Gasteiger charge is 2.26. The second kappa shape index (κ2) is 7.55. The van der Waals surface area contributed by atoms with E-state index >= 15 is 0 Å². The van der Waals surface area contributed by atoms with E-state index in [9.17, 15) is 18.0 Å². The number of sulfonamides is 1. The first-order valence-electron chi connectivity index (χ1n) is 9.82. The normalized spacial score (nSPS) is 13.8. The number of hydrogen-bond acceptors (Lipinski definition) is 5. The number of nitrogens with one attached hydrogen (secondary N) is 1. The van der Waals surface area contributed by atoms with Crippen molar-refractivity contribution in [3.05, 3.63) is 51.6 Å². The molecule has 0 unspecified atom stereocenters. The first-order valence-corrected chi connectivity index (χ1v) is 12.1. The standard InChI is InChI=1S/C21H23N3O4S2/c1-4-20(25)23-10-9-14-11-16(6-8-17(14)23)30(27,28)22-15-5-7-18-19(12-15)29-21(26)24(18)13(2)3/h5-8,11-13,22H,4,9-10H2,1-3H3. The van der Waals surface area contributed by atoms with Crippen LogP contribution in [0.15, 0.2) is 46.1 Å². The van der Waals surface area contributed by atoms with Crippen LogP contribution in [0, 0.1) is 0 Å². The average Bonchev–Trinajstić information content (AvgIpc) is 3.26. The smallest absolute Gasteiger partial charge is 0.308 e. The van der Waals surface area contributed by atoms with Crippen LogP contribution in [-0.2, 0) is 21.2 Å². The molecule has 1 N–H and O–H groups in total. The molecule has 0 atom stereocenters. The van der Waals surface area contributed by atoms with Gasteiger partial charge < -0.3 is 4.90 Å². The summed E-state index contributed by atoms with van der Waals surface area (Å²) >= 11 is 1.10. The van der Waals surface area contributed by atoms with E-state index in [0.717, 1.165) is 32.8 Å². The van der Waals surface area contributed by atoms with Gasteiger partial charge in [0.05, 0.1) is 20.8 Å². The third-order valence-corrected chi connectivity index (χ3v) is 7.54. The second-order valence-electron chi connectivity index (χ2n) is 7.56. The minimum Gasteiger partial charge on any atom is -0.312 e. The minimum atomic E-state index is -3.80. The molecule has 7 nitrogen and oxygen atoms in total. The van der Waals surface area contributed by atoms with Crippen LogP contribution < -0.4 is 14.5 Å². The summed E-state index contributed by atoms with van der Waals surface area (Å²) in [6.45, 7) is 6.26. The summed E-state index contributed by atoms with van der Waals surface area (Å²) in [6, 6.07) is 10.00. The highest BCUT2D eigenvalue weighted by Crippen LogP contribution is 2.32. The van der Waals surface area contributed by atoms with Crippen LogP contribution in [0.1, 0.15) is 38.8 Å². The molecule has 0 fully saturated rings. The molecular weight excluding hydrogens is 422 g/mol. The lowest BCUT2D eigenvalue weighted by atomic mass is 10.2. The number of anilines is 2. The molecule has 0 bridgehead atoms. The van der Waals surface area contributed by atoms with Crippen molar-refractivity contribution >= 4 is 48.9 Å². The molecule has 1 aliphatic rings. The Morgan fingerprint density at radius 1 is 1.20 bits per heavy atom. The zero-order chi connectivity index (χ0) is 21.6. The third-order valence-electron chi connectivity index (χ3n) is 5.24. The van der Waals surface area contributed by atoms with E-state index in [1.54, 1.807) is 39.8 Å². The summed E-state index contributed by atoms with van der Waals surface area (Å²) in [7, 11) is -3.80. The molecule has 1 aliphatic heterocycles. The number of benzene rings is 2. The highest BCUT2D eigenvalue weighted by molar-refractivity contribution is 7.92. The molecule has 30 heavy (non-hydrogen) atoms.